The summed E-state index contributed by atoms with van der Waals surface area (Å²) < 4.78 is 14.4. The second-order valence-electron chi connectivity index (χ2n) is 4.40. The highest BCUT2D eigenvalue weighted by Gasteiger charge is 2.14. The topological polar surface area (TPSA) is 12.0 Å². The van der Waals surface area contributed by atoms with Gasteiger partial charge in [-0.15, -0.1) is 0 Å². The van der Waals surface area contributed by atoms with Gasteiger partial charge in [0.15, 0.2) is 0 Å². The fraction of sp³-hybridized carbons (Fsp3) is 0.200. The zero-order valence-corrected chi connectivity index (χ0v) is 13.6. The molecule has 0 saturated carbocycles. The van der Waals surface area contributed by atoms with E-state index < -0.39 is 0 Å². The maximum Gasteiger partial charge on any atom is 0.126 e. The maximum atomic E-state index is 13.3. The van der Waals surface area contributed by atoms with Crippen LogP contribution in [-0.4, -0.2) is 7.05 Å². The van der Waals surface area contributed by atoms with E-state index in [-0.39, 0.29) is 11.9 Å². The van der Waals surface area contributed by atoms with Crippen LogP contribution < -0.4 is 5.32 Å². The van der Waals surface area contributed by atoms with Crippen LogP contribution in [0.5, 0.6) is 0 Å². The summed E-state index contributed by atoms with van der Waals surface area (Å²) in [6.07, 6.45) is 0. The average molecular weight is 390 g/mol. The molecule has 0 spiro atoms. The van der Waals surface area contributed by atoms with Crippen molar-refractivity contribution in [1.29, 1.82) is 0 Å². The minimum Gasteiger partial charge on any atom is -0.309 e. The molecule has 1 unspecified atom stereocenters. The molecule has 0 fully saturated rings. The lowest BCUT2D eigenvalue weighted by Gasteiger charge is -2.18. The van der Waals surface area contributed by atoms with Crippen molar-refractivity contribution in [2.24, 2.45) is 0 Å². The SMILES string of the molecule is CNC(c1ccc(F)c(C)c1)c1ccc(I)c(Cl)c1. The molecule has 0 heterocycles. The molecule has 4 heteroatoms. The summed E-state index contributed by atoms with van der Waals surface area (Å²) in [5.41, 5.74) is 2.74. The summed E-state index contributed by atoms with van der Waals surface area (Å²) in [6, 6.07) is 11.1. The molecule has 0 radical (unpaired) electrons. The van der Waals surface area contributed by atoms with Crippen molar-refractivity contribution < 1.29 is 4.39 Å². The lowest BCUT2D eigenvalue weighted by molar-refractivity contribution is 0.614. The number of hydrogen-bond acceptors (Lipinski definition) is 1. The van der Waals surface area contributed by atoms with E-state index in [1.54, 1.807) is 13.0 Å². The van der Waals surface area contributed by atoms with Crippen molar-refractivity contribution >= 4 is 34.2 Å². The first kappa shape index (κ1) is 14.8. The standard InChI is InChI=1S/C15H14ClFIN/c1-9-7-10(3-5-13(9)17)15(19-2)11-4-6-14(18)12(16)8-11/h3-8,15,19H,1-2H3. The summed E-state index contributed by atoms with van der Waals surface area (Å²) in [7, 11) is 1.88. The largest absolute Gasteiger partial charge is 0.309 e. The molecule has 2 aromatic rings. The van der Waals surface area contributed by atoms with Crippen LogP contribution >= 0.6 is 34.2 Å². The minimum absolute atomic E-state index is 0.00815. The molecule has 1 nitrogen and oxygen atoms in total. The van der Waals surface area contributed by atoms with Gasteiger partial charge in [0, 0.05) is 3.57 Å². The van der Waals surface area contributed by atoms with Crippen LogP contribution in [0, 0.1) is 16.3 Å². The monoisotopic (exact) mass is 389 g/mol. The first-order valence-corrected chi connectivity index (χ1v) is 7.37. The van der Waals surface area contributed by atoms with Gasteiger partial charge in [0.05, 0.1) is 11.1 Å². The maximum absolute atomic E-state index is 13.3. The van der Waals surface area contributed by atoms with Gasteiger partial charge in [-0.25, -0.2) is 4.39 Å². The number of benzene rings is 2. The van der Waals surface area contributed by atoms with E-state index in [4.69, 9.17) is 11.6 Å². The first-order chi connectivity index (χ1) is 9.02. The Morgan fingerprint density at radius 3 is 2.37 bits per heavy atom. The minimum atomic E-state index is -0.181. The normalized spacial score (nSPS) is 12.5. The van der Waals surface area contributed by atoms with Crippen molar-refractivity contribution in [3.8, 4) is 0 Å². The molecule has 0 aromatic heterocycles. The number of aryl methyl sites for hydroxylation is 1. The van der Waals surface area contributed by atoms with Crippen LogP contribution in [-0.2, 0) is 0 Å². The predicted molar refractivity (Wildman–Crippen MR) is 86.2 cm³/mol. The highest BCUT2D eigenvalue weighted by Crippen LogP contribution is 2.27. The van der Waals surface area contributed by atoms with E-state index >= 15 is 0 Å². The highest BCUT2D eigenvalue weighted by molar-refractivity contribution is 14.1. The van der Waals surface area contributed by atoms with Crippen molar-refractivity contribution in [3.05, 3.63) is 67.5 Å². The van der Waals surface area contributed by atoms with Crippen molar-refractivity contribution in [2.45, 2.75) is 13.0 Å². The van der Waals surface area contributed by atoms with Gasteiger partial charge in [0.1, 0.15) is 5.82 Å². The van der Waals surface area contributed by atoms with Gasteiger partial charge >= 0.3 is 0 Å². The Labute approximate surface area is 131 Å². The molecule has 0 aliphatic rings. The molecule has 0 amide bonds. The molecule has 0 aliphatic heterocycles. The molecule has 2 aromatic carbocycles. The Kier molecular flexibility index (Phi) is 4.81. The average Bonchev–Trinajstić information content (AvgIpc) is 2.39. The van der Waals surface area contributed by atoms with Crippen molar-refractivity contribution in [1.82, 2.24) is 5.32 Å². The fourth-order valence-electron chi connectivity index (χ4n) is 2.07. The second-order valence-corrected chi connectivity index (χ2v) is 5.97. The Morgan fingerprint density at radius 2 is 1.79 bits per heavy atom. The lowest BCUT2D eigenvalue weighted by Crippen LogP contribution is -2.18. The molecule has 0 saturated heterocycles. The lowest BCUT2D eigenvalue weighted by atomic mass is 9.97. The van der Waals surface area contributed by atoms with E-state index in [9.17, 15) is 4.39 Å². The quantitative estimate of drug-likeness (QED) is 0.750. The summed E-state index contributed by atoms with van der Waals surface area (Å²) in [4.78, 5) is 0. The van der Waals surface area contributed by atoms with E-state index in [1.165, 1.54) is 6.07 Å². The van der Waals surface area contributed by atoms with Gasteiger partial charge in [-0.3, -0.25) is 0 Å². The molecule has 0 aliphatic carbocycles. The number of hydrogen-bond donors (Lipinski definition) is 1. The van der Waals surface area contributed by atoms with E-state index in [2.05, 4.69) is 27.9 Å². The molecular weight excluding hydrogens is 376 g/mol. The van der Waals surface area contributed by atoms with Crippen LogP contribution in [0.2, 0.25) is 5.02 Å². The van der Waals surface area contributed by atoms with Crippen molar-refractivity contribution in [2.75, 3.05) is 7.05 Å². The molecule has 19 heavy (non-hydrogen) atoms. The molecule has 2 rings (SSSR count). The van der Waals surface area contributed by atoms with Crippen LogP contribution in [0.15, 0.2) is 36.4 Å². The van der Waals surface area contributed by atoms with E-state index in [0.717, 1.165) is 19.7 Å². The Hall–Kier alpha value is -0.650. The number of nitrogens with one attached hydrogen (secondary N) is 1. The van der Waals surface area contributed by atoms with Gasteiger partial charge in [-0.1, -0.05) is 29.8 Å². The van der Waals surface area contributed by atoms with Gasteiger partial charge in [-0.05, 0) is 71.5 Å². The van der Waals surface area contributed by atoms with E-state index in [1.807, 2.05) is 31.3 Å². The summed E-state index contributed by atoms with van der Waals surface area (Å²) >= 11 is 8.36. The zero-order chi connectivity index (χ0) is 14.0. The number of halogens is 3. The van der Waals surface area contributed by atoms with Gasteiger partial charge in [-0.2, -0.15) is 0 Å². The molecule has 1 N–H and O–H groups in total. The van der Waals surface area contributed by atoms with Crippen LogP contribution in [0.25, 0.3) is 0 Å². The molecular formula is C15H14ClFIN. The van der Waals surface area contributed by atoms with Gasteiger partial charge < -0.3 is 5.32 Å². The van der Waals surface area contributed by atoms with Crippen molar-refractivity contribution in [3.63, 3.8) is 0 Å². The van der Waals surface area contributed by atoms with Crippen LogP contribution in [0.1, 0.15) is 22.7 Å². The summed E-state index contributed by atoms with van der Waals surface area (Å²) in [6.45, 7) is 1.77. The fourth-order valence-corrected chi connectivity index (χ4v) is 2.59. The number of rotatable bonds is 3. The second kappa shape index (κ2) is 6.20. The molecule has 100 valence electrons. The third kappa shape index (κ3) is 3.27. The van der Waals surface area contributed by atoms with Crippen LogP contribution in [0.4, 0.5) is 4.39 Å². The Morgan fingerprint density at radius 1 is 1.16 bits per heavy atom. The smallest absolute Gasteiger partial charge is 0.126 e. The molecule has 0 bridgehead atoms. The van der Waals surface area contributed by atoms with Gasteiger partial charge in [0.25, 0.3) is 0 Å². The first-order valence-electron chi connectivity index (χ1n) is 5.91. The zero-order valence-electron chi connectivity index (χ0n) is 10.7. The predicted octanol–water partition coefficient (Wildman–Crippen LogP) is 4.70. The highest BCUT2D eigenvalue weighted by atomic mass is 127. The van der Waals surface area contributed by atoms with E-state index in [0.29, 0.717) is 5.56 Å². The Bertz CT molecular complexity index is 549. The molecule has 1 atom stereocenters. The third-order valence-corrected chi connectivity index (χ3v) is 4.65. The Balaban J connectivity index is 2.43. The van der Waals surface area contributed by atoms with Gasteiger partial charge in [0.2, 0.25) is 0 Å². The summed E-state index contributed by atoms with van der Waals surface area (Å²) in [5.74, 6) is -0.181. The summed E-state index contributed by atoms with van der Waals surface area (Å²) in [5, 5.41) is 3.98. The third-order valence-electron chi connectivity index (χ3n) is 3.08. The van der Waals surface area contributed by atoms with Crippen LogP contribution in [0.3, 0.4) is 0 Å².